The number of imidazole rings is 1. The van der Waals surface area contributed by atoms with Crippen molar-refractivity contribution >= 4 is 0 Å². The molecular formula is C14H25N3. The van der Waals surface area contributed by atoms with Crippen LogP contribution in [0.25, 0.3) is 0 Å². The van der Waals surface area contributed by atoms with Crippen LogP contribution in [-0.2, 0) is 6.54 Å². The molecule has 17 heavy (non-hydrogen) atoms. The minimum absolute atomic E-state index is 0.294. The Morgan fingerprint density at radius 1 is 1.35 bits per heavy atom. The molecule has 0 radical (unpaired) electrons. The van der Waals surface area contributed by atoms with Crippen molar-refractivity contribution in [3.8, 4) is 0 Å². The topological polar surface area (TPSA) is 43.8 Å². The second kappa shape index (κ2) is 5.67. The van der Waals surface area contributed by atoms with E-state index in [2.05, 4.69) is 29.6 Å². The van der Waals surface area contributed by atoms with Crippen molar-refractivity contribution < 1.29 is 0 Å². The van der Waals surface area contributed by atoms with Gasteiger partial charge in [-0.1, -0.05) is 33.1 Å². The fourth-order valence-corrected chi connectivity index (χ4v) is 2.91. The van der Waals surface area contributed by atoms with E-state index < -0.39 is 0 Å². The lowest BCUT2D eigenvalue weighted by atomic mass is 9.84. The van der Waals surface area contributed by atoms with Crippen LogP contribution in [0.5, 0.6) is 0 Å². The lowest BCUT2D eigenvalue weighted by Crippen LogP contribution is -2.36. The molecule has 3 nitrogen and oxygen atoms in total. The number of hydrogen-bond acceptors (Lipinski definition) is 2. The molecule has 3 heteroatoms. The third kappa shape index (κ3) is 3.09. The first kappa shape index (κ1) is 12.6. The molecule has 0 aromatic carbocycles. The van der Waals surface area contributed by atoms with Crippen LogP contribution in [0, 0.1) is 5.92 Å². The molecule has 0 aliphatic heterocycles. The summed E-state index contributed by atoms with van der Waals surface area (Å²) in [7, 11) is 0. The average molecular weight is 235 g/mol. The van der Waals surface area contributed by atoms with Crippen molar-refractivity contribution in [2.45, 2.75) is 64.5 Å². The van der Waals surface area contributed by atoms with E-state index in [0.29, 0.717) is 17.9 Å². The zero-order valence-corrected chi connectivity index (χ0v) is 11.1. The van der Waals surface area contributed by atoms with Crippen LogP contribution in [0.15, 0.2) is 12.4 Å². The molecule has 1 fully saturated rings. The fraction of sp³-hybridized carbons (Fsp3) is 0.786. The maximum absolute atomic E-state index is 6.36. The molecule has 1 aromatic heterocycles. The molecule has 1 atom stereocenters. The van der Waals surface area contributed by atoms with Crippen LogP contribution >= 0.6 is 0 Å². The summed E-state index contributed by atoms with van der Waals surface area (Å²) in [6, 6.07) is 0.294. The number of aromatic nitrogens is 2. The van der Waals surface area contributed by atoms with Gasteiger partial charge in [-0.25, -0.2) is 4.98 Å². The smallest absolute Gasteiger partial charge is 0.111 e. The van der Waals surface area contributed by atoms with Crippen LogP contribution in [0.3, 0.4) is 0 Å². The molecule has 0 bridgehead atoms. The van der Waals surface area contributed by atoms with Gasteiger partial charge in [-0.3, -0.25) is 0 Å². The van der Waals surface area contributed by atoms with Crippen molar-refractivity contribution in [2.75, 3.05) is 0 Å². The summed E-state index contributed by atoms with van der Waals surface area (Å²) in [6.45, 7) is 5.30. The molecule has 1 aromatic rings. The quantitative estimate of drug-likeness (QED) is 0.872. The van der Waals surface area contributed by atoms with Gasteiger partial charge in [-0.2, -0.15) is 0 Å². The van der Waals surface area contributed by atoms with Gasteiger partial charge in [0.2, 0.25) is 0 Å². The van der Waals surface area contributed by atoms with Crippen molar-refractivity contribution in [2.24, 2.45) is 11.7 Å². The van der Waals surface area contributed by atoms with E-state index in [1.165, 1.54) is 32.1 Å². The third-order valence-electron chi connectivity index (χ3n) is 3.93. The Morgan fingerprint density at radius 2 is 2.06 bits per heavy atom. The zero-order chi connectivity index (χ0) is 12.3. The van der Waals surface area contributed by atoms with Crippen LogP contribution in [-0.4, -0.2) is 15.6 Å². The predicted octanol–water partition coefficient (Wildman–Crippen LogP) is 2.91. The Balaban J connectivity index is 1.97. The van der Waals surface area contributed by atoms with Crippen LogP contribution in [0.1, 0.15) is 57.7 Å². The van der Waals surface area contributed by atoms with Gasteiger partial charge in [0.25, 0.3) is 0 Å². The molecular weight excluding hydrogens is 210 g/mol. The molecule has 96 valence electrons. The van der Waals surface area contributed by atoms with Gasteiger partial charge in [0.05, 0.1) is 0 Å². The molecule has 2 rings (SSSR count). The van der Waals surface area contributed by atoms with Crippen LogP contribution < -0.4 is 5.73 Å². The highest BCUT2D eigenvalue weighted by Crippen LogP contribution is 2.26. The maximum Gasteiger partial charge on any atom is 0.111 e. The summed E-state index contributed by atoms with van der Waals surface area (Å²) < 4.78 is 2.24. The molecule has 0 spiro atoms. The summed E-state index contributed by atoms with van der Waals surface area (Å²) in [5, 5.41) is 0. The lowest BCUT2D eigenvalue weighted by molar-refractivity contribution is 0.283. The highest BCUT2D eigenvalue weighted by molar-refractivity contribution is 4.98. The van der Waals surface area contributed by atoms with Gasteiger partial charge in [0.1, 0.15) is 5.82 Å². The summed E-state index contributed by atoms with van der Waals surface area (Å²) in [5.74, 6) is 2.35. The van der Waals surface area contributed by atoms with Crippen LogP contribution in [0.4, 0.5) is 0 Å². The first-order valence-corrected chi connectivity index (χ1v) is 6.95. The number of rotatable bonds is 4. The molecule has 1 unspecified atom stereocenters. The van der Waals surface area contributed by atoms with Gasteiger partial charge in [0, 0.05) is 30.9 Å². The molecule has 1 aliphatic rings. The number of hydrogen-bond donors (Lipinski definition) is 1. The first-order chi connectivity index (χ1) is 8.18. The third-order valence-corrected chi connectivity index (χ3v) is 3.93. The van der Waals surface area contributed by atoms with Crippen molar-refractivity contribution in [1.82, 2.24) is 9.55 Å². The molecule has 1 aliphatic carbocycles. The summed E-state index contributed by atoms with van der Waals surface area (Å²) in [6.07, 6.45) is 10.7. The largest absolute Gasteiger partial charge is 0.333 e. The number of nitrogens with zero attached hydrogens (tertiary/aromatic N) is 2. The summed E-state index contributed by atoms with van der Waals surface area (Å²) >= 11 is 0. The van der Waals surface area contributed by atoms with Crippen molar-refractivity contribution in [1.29, 1.82) is 0 Å². The summed E-state index contributed by atoms with van der Waals surface area (Å²) in [5.41, 5.74) is 6.36. The second-order valence-corrected chi connectivity index (χ2v) is 5.65. The Kier molecular flexibility index (Phi) is 4.21. The van der Waals surface area contributed by atoms with Crippen molar-refractivity contribution in [3.63, 3.8) is 0 Å². The Morgan fingerprint density at radius 3 is 2.71 bits per heavy atom. The minimum atomic E-state index is 0.294. The minimum Gasteiger partial charge on any atom is -0.333 e. The predicted molar refractivity (Wildman–Crippen MR) is 70.9 cm³/mol. The summed E-state index contributed by atoms with van der Waals surface area (Å²) in [4.78, 5) is 4.42. The normalized spacial score (nSPS) is 19.8. The lowest BCUT2D eigenvalue weighted by Gasteiger charge is -2.28. The molecule has 2 N–H and O–H groups in total. The van der Waals surface area contributed by atoms with E-state index in [9.17, 15) is 0 Å². The fourth-order valence-electron chi connectivity index (χ4n) is 2.91. The monoisotopic (exact) mass is 235 g/mol. The van der Waals surface area contributed by atoms with Gasteiger partial charge >= 0.3 is 0 Å². The average Bonchev–Trinajstić information content (AvgIpc) is 2.78. The Bertz CT molecular complexity index is 337. The van der Waals surface area contributed by atoms with Crippen LogP contribution in [0.2, 0.25) is 0 Å². The van der Waals surface area contributed by atoms with E-state index in [1.54, 1.807) is 0 Å². The van der Waals surface area contributed by atoms with E-state index in [-0.39, 0.29) is 0 Å². The standard InChI is InChI=1S/C14H25N3/c1-11(2)14-16-8-9-17(14)10-13(15)12-6-4-3-5-7-12/h8-9,11-13H,3-7,10,15H2,1-2H3. The molecule has 0 amide bonds. The maximum atomic E-state index is 6.36. The van der Waals surface area contributed by atoms with E-state index in [0.717, 1.165) is 12.4 Å². The van der Waals surface area contributed by atoms with E-state index in [1.807, 2.05) is 6.20 Å². The Hall–Kier alpha value is -0.830. The highest BCUT2D eigenvalue weighted by atomic mass is 15.1. The SMILES string of the molecule is CC(C)c1nccn1CC(N)C1CCCCC1. The Labute approximate surface area is 104 Å². The molecule has 1 heterocycles. The van der Waals surface area contributed by atoms with Gasteiger partial charge in [-0.15, -0.1) is 0 Å². The van der Waals surface area contributed by atoms with Crippen molar-refractivity contribution in [3.05, 3.63) is 18.2 Å². The molecule has 0 saturated heterocycles. The van der Waals surface area contributed by atoms with Gasteiger partial charge < -0.3 is 10.3 Å². The first-order valence-electron chi connectivity index (χ1n) is 6.95. The van der Waals surface area contributed by atoms with Gasteiger partial charge in [0.15, 0.2) is 0 Å². The zero-order valence-electron chi connectivity index (χ0n) is 11.1. The highest BCUT2D eigenvalue weighted by Gasteiger charge is 2.21. The van der Waals surface area contributed by atoms with Gasteiger partial charge in [-0.05, 0) is 18.8 Å². The second-order valence-electron chi connectivity index (χ2n) is 5.65. The number of nitrogens with two attached hydrogens (primary N) is 1. The van der Waals surface area contributed by atoms with E-state index in [4.69, 9.17) is 5.73 Å². The molecule has 1 saturated carbocycles. The van der Waals surface area contributed by atoms with E-state index >= 15 is 0 Å².